The highest BCUT2D eigenvalue weighted by molar-refractivity contribution is 7.89. The first-order chi connectivity index (χ1) is 14.6. The summed E-state index contributed by atoms with van der Waals surface area (Å²) in [6.45, 7) is 5.37. The van der Waals surface area contributed by atoms with Gasteiger partial charge in [-0.1, -0.05) is 30.6 Å². The Morgan fingerprint density at radius 3 is 2.61 bits per heavy atom. The molecule has 168 valence electrons. The van der Waals surface area contributed by atoms with Gasteiger partial charge in [-0.15, -0.1) is 0 Å². The van der Waals surface area contributed by atoms with E-state index in [1.807, 2.05) is 23.6 Å². The van der Waals surface area contributed by atoms with Crippen LogP contribution < -0.4 is 9.46 Å². The second-order valence-corrected chi connectivity index (χ2v) is 11.4. The smallest absolute Gasteiger partial charge is 0.244 e. The number of benzene rings is 1. The predicted molar refractivity (Wildman–Crippen MR) is 122 cm³/mol. The summed E-state index contributed by atoms with van der Waals surface area (Å²) in [6.07, 6.45) is 6.82. The molecule has 1 saturated carbocycles. The van der Waals surface area contributed by atoms with Crippen molar-refractivity contribution in [1.29, 1.82) is 0 Å². The van der Waals surface area contributed by atoms with Crippen LogP contribution in [-0.4, -0.2) is 36.1 Å². The lowest BCUT2D eigenvalue weighted by atomic mass is 9.96. The molecule has 0 amide bonds. The van der Waals surface area contributed by atoms with Gasteiger partial charge < -0.3 is 9.84 Å². The standard InChI is InChI=1S/C22H29N3O4S2/c1-14-20(25-13-19(22(2,3)26)30-21(25)23-14)15-10-11-17(29-4)18(12-15)31(27,28)24-16-8-6-5-7-9-16/h10-13,16,24,26H,5-9H2,1-4H3. The van der Waals surface area contributed by atoms with Crippen molar-refractivity contribution in [1.82, 2.24) is 14.1 Å². The third-order valence-electron chi connectivity index (χ3n) is 5.76. The molecule has 0 spiro atoms. The van der Waals surface area contributed by atoms with Gasteiger partial charge in [0.05, 0.1) is 29.0 Å². The maximum atomic E-state index is 13.2. The molecule has 9 heteroatoms. The minimum Gasteiger partial charge on any atom is -0.495 e. The maximum absolute atomic E-state index is 13.2. The lowest BCUT2D eigenvalue weighted by Gasteiger charge is -2.23. The lowest BCUT2D eigenvalue weighted by molar-refractivity contribution is 0.0822. The van der Waals surface area contributed by atoms with Crippen LogP contribution in [0.4, 0.5) is 0 Å². The zero-order chi connectivity index (χ0) is 22.4. The van der Waals surface area contributed by atoms with Crippen LogP contribution in [0.2, 0.25) is 0 Å². The van der Waals surface area contributed by atoms with Crippen molar-refractivity contribution in [2.24, 2.45) is 0 Å². The Morgan fingerprint density at radius 2 is 1.97 bits per heavy atom. The summed E-state index contributed by atoms with van der Waals surface area (Å²) >= 11 is 1.42. The first kappa shape index (κ1) is 22.3. The van der Waals surface area contributed by atoms with E-state index in [-0.39, 0.29) is 10.9 Å². The summed E-state index contributed by atoms with van der Waals surface area (Å²) in [5.41, 5.74) is 1.35. The summed E-state index contributed by atoms with van der Waals surface area (Å²) in [7, 11) is -2.26. The average molecular weight is 464 g/mol. The van der Waals surface area contributed by atoms with Crippen molar-refractivity contribution in [2.45, 2.75) is 69.4 Å². The Labute approximate surface area is 187 Å². The summed E-state index contributed by atoms with van der Waals surface area (Å²) in [5.74, 6) is 0.313. The fourth-order valence-corrected chi connectivity index (χ4v) is 6.65. The SMILES string of the molecule is COc1ccc(-c2c(C)nc3sc(C(C)(C)O)cn23)cc1S(=O)(=O)NC1CCCCC1. The molecule has 0 atom stereocenters. The van der Waals surface area contributed by atoms with E-state index >= 15 is 0 Å². The quantitative estimate of drug-likeness (QED) is 0.571. The topological polar surface area (TPSA) is 92.9 Å². The molecule has 2 N–H and O–H groups in total. The predicted octanol–water partition coefficient (Wildman–Crippen LogP) is 4.22. The van der Waals surface area contributed by atoms with Gasteiger partial charge in [0, 0.05) is 17.8 Å². The van der Waals surface area contributed by atoms with Crippen LogP contribution in [0.15, 0.2) is 29.3 Å². The van der Waals surface area contributed by atoms with Gasteiger partial charge in [0.15, 0.2) is 4.96 Å². The van der Waals surface area contributed by atoms with Crippen LogP contribution >= 0.6 is 11.3 Å². The zero-order valence-electron chi connectivity index (χ0n) is 18.3. The normalized spacial score (nSPS) is 16.2. The summed E-state index contributed by atoms with van der Waals surface area (Å²) in [5, 5.41) is 10.4. The van der Waals surface area contributed by atoms with Crippen molar-refractivity contribution < 1.29 is 18.3 Å². The monoisotopic (exact) mass is 463 g/mol. The van der Waals surface area contributed by atoms with E-state index in [9.17, 15) is 13.5 Å². The first-order valence-electron chi connectivity index (χ1n) is 10.5. The highest BCUT2D eigenvalue weighted by atomic mass is 32.2. The van der Waals surface area contributed by atoms with Crippen LogP contribution in [0.25, 0.3) is 16.2 Å². The highest BCUT2D eigenvalue weighted by Gasteiger charge is 2.27. The summed E-state index contributed by atoms with van der Waals surface area (Å²) in [4.78, 5) is 6.30. The van der Waals surface area contributed by atoms with Gasteiger partial charge in [-0.2, -0.15) is 0 Å². The van der Waals surface area contributed by atoms with Gasteiger partial charge in [0.1, 0.15) is 10.6 Å². The van der Waals surface area contributed by atoms with Crippen molar-refractivity contribution in [3.63, 3.8) is 0 Å². The van der Waals surface area contributed by atoms with Crippen LogP contribution in [0.3, 0.4) is 0 Å². The fourth-order valence-electron chi connectivity index (χ4n) is 4.12. The highest BCUT2D eigenvalue weighted by Crippen LogP contribution is 2.36. The molecule has 0 radical (unpaired) electrons. The molecule has 31 heavy (non-hydrogen) atoms. The van der Waals surface area contributed by atoms with E-state index < -0.39 is 15.6 Å². The summed E-state index contributed by atoms with van der Waals surface area (Å²) in [6, 6.07) is 5.15. The maximum Gasteiger partial charge on any atom is 0.244 e. The average Bonchev–Trinajstić information content (AvgIpc) is 3.25. The zero-order valence-corrected chi connectivity index (χ0v) is 19.9. The van der Waals surface area contributed by atoms with Crippen LogP contribution in [0.1, 0.15) is 56.5 Å². The molecule has 0 saturated heterocycles. The Kier molecular flexibility index (Phi) is 5.89. The molecule has 2 aromatic heterocycles. The van der Waals surface area contributed by atoms with Crippen molar-refractivity contribution in [3.8, 4) is 17.0 Å². The number of hydrogen-bond acceptors (Lipinski definition) is 6. The number of nitrogens with one attached hydrogen (secondary N) is 1. The molecule has 2 heterocycles. The number of fused-ring (bicyclic) bond motifs is 1. The second-order valence-electron chi connectivity index (χ2n) is 8.67. The summed E-state index contributed by atoms with van der Waals surface area (Å²) < 4.78 is 36.7. The number of aryl methyl sites for hydroxylation is 1. The second kappa shape index (κ2) is 8.20. The van der Waals surface area contributed by atoms with Gasteiger partial charge in [0.2, 0.25) is 10.0 Å². The van der Waals surface area contributed by atoms with Crippen LogP contribution in [-0.2, 0) is 15.6 Å². The van der Waals surface area contributed by atoms with Crippen molar-refractivity contribution in [2.75, 3.05) is 7.11 Å². The Bertz CT molecular complexity index is 1200. The molecular weight excluding hydrogens is 434 g/mol. The molecule has 1 aromatic carbocycles. The van der Waals surface area contributed by atoms with Crippen molar-refractivity contribution in [3.05, 3.63) is 35.0 Å². The number of thiazole rings is 1. The molecule has 1 aliphatic rings. The van der Waals surface area contributed by atoms with E-state index in [1.54, 1.807) is 26.0 Å². The largest absolute Gasteiger partial charge is 0.495 e. The molecule has 7 nitrogen and oxygen atoms in total. The van der Waals surface area contributed by atoms with Gasteiger partial charge in [-0.25, -0.2) is 18.1 Å². The number of nitrogens with zero attached hydrogens (tertiary/aromatic N) is 2. The third-order valence-corrected chi connectivity index (χ3v) is 8.59. The minimum atomic E-state index is -3.74. The lowest BCUT2D eigenvalue weighted by Crippen LogP contribution is -2.36. The molecule has 1 fully saturated rings. The van der Waals surface area contributed by atoms with Gasteiger partial charge >= 0.3 is 0 Å². The van der Waals surface area contributed by atoms with Crippen LogP contribution in [0, 0.1) is 6.92 Å². The van der Waals surface area contributed by atoms with E-state index in [0.29, 0.717) is 5.75 Å². The van der Waals surface area contributed by atoms with Gasteiger partial charge in [0.25, 0.3) is 0 Å². The van der Waals surface area contributed by atoms with E-state index in [1.165, 1.54) is 18.4 Å². The molecular formula is C22H29N3O4S2. The Morgan fingerprint density at radius 1 is 1.26 bits per heavy atom. The Hall–Kier alpha value is -1.94. The molecule has 4 rings (SSSR count). The fraction of sp³-hybridized carbons (Fsp3) is 0.500. The Balaban J connectivity index is 1.79. The molecule has 0 aliphatic heterocycles. The number of aromatic nitrogens is 2. The number of rotatable bonds is 6. The van der Waals surface area contributed by atoms with E-state index in [0.717, 1.165) is 58.9 Å². The third kappa shape index (κ3) is 4.37. The van der Waals surface area contributed by atoms with E-state index in [2.05, 4.69) is 9.71 Å². The molecule has 0 unspecified atom stereocenters. The van der Waals surface area contributed by atoms with Gasteiger partial charge in [-0.3, -0.25) is 4.40 Å². The minimum absolute atomic E-state index is 0.0401. The van der Waals surface area contributed by atoms with Gasteiger partial charge in [-0.05, 0) is 51.8 Å². The number of imidazole rings is 1. The number of hydrogen-bond donors (Lipinski definition) is 2. The molecule has 0 bridgehead atoms. The molecule has 3 aromatic rings. The van der Waals surface area contributed by atoms with Crippen LogP contribution in [0.5, 0.6) is 5.75 Å². The number of sulfonamides is 1. The van der Waals surface area contributed by atoms with Crippen molar-refractivity contribution >= 4 is 26.3 Å². The number of aliphatic hydroxyl groups is 1. The first-order valence-corrected chi connectivity index (χ1v) is 12.8. The number of methoxy groups -OCH3 is 1. The molecule has 1 aliphatic carbocycles. The van der Waals surface area contributed by atoms with E-state index in [4.69, 9.17) is 4.74 Å². The number of ether oxygens (including phenoxy) is 1.